The fraction of sp³-hybridized carbons (Fsp3) is 0.647. The summed E-state index contributed by atoms with van der Waals surface area (Å²) in [7, 11) is 7.37. The number of benzene rings is 2. The molecule has 3 aliphatic heterocycles. The highest BCUT2D eigenvalue weighted by Crippen LogP contribution is 2.37. The maximum atomic E-state index is 6.04. The van der Waals surface area contributed by atoms with Gasteiger partial charge in [0.25, 0.3) is 0 Å². The first kappa shape index (κ1) is 39.0. The Balaban J connectivity index is 0.000000247. The normalized spacial score (nSPS) is 20.7. The zero-order chi connectivity index (χ0) is 33.2. The number of rotatable bonds is 5. The Morgan fingerprint density at radius 2 is 0.955 bits per heavy atom. The molecule has 0 aliphatic carbocycles. The van der Waals surface area contributed by atoms with Crippen LogP contribution in [0, 0.1) is 0 Å². The molecule has 2 aromatic carbocycles. The molecule has 7 nitrogen and oxygen atoms in total. The highest BCUT2D eigenvalue weighted by molar-refractivity contribution is 9.08. The molecule has 44 heavy (non-hydrogen) atoms. The Kier molecular flexibility index (Phi) is 15.1. The number of nitrogens with zero attached hydrogens (tertiary/aromatic N) is 1. The fourth-order valence-electron chi connectivity index (χ4n) is 4.38. The standard InChI is InChI=1S/C15H24BNO2.C13H18BBrO2.C4H8O.C2H7N/c1-14(2)15(3,4)19-16(18-14)13-9-7-12(8-10-13)11-17(5)6;1-12(2)13(3,4)17-14(16-12)11-7-5-10(9-15)6-8-11;1-2-4-5-3-1;1-3-2/h7-10H,11H2,1-6H3;5-8H,9H2,1-4H3;1-4H2;3H,1-2H3. The second-order valence-corrected chi connectivity index (χ2v) is 14.4. The molecule has 3 heterocycles. The lowest BCUT2D eigenvalue weighted by Gasteiger charge is -2.32. The number of hydrogen-bond acceptors (Lipinski definition) is 7. The number of hydrogen-bond donors (Lipinski definition) is 1. The summed E-state index contributed by atoms with van der Waals surface area (Å²) in [4.78, 5) is 2.16. The molecular formula is C34H57B2BrN2O5. The summed E-state index contributed by atoms with van der Waals surface area (Å²) in [5, 5.41) is 3.62. The van der Waals surface area contributed by atoms with Crippen molar-refractivity contribution >= 4 is 41.1 Å². The van der Waals surface area contributed by atoms with Crippen molar-refractivity contribution in [1.29, 1.82) is 0 Å². The van der Waals surface area contributed by atoms with Crippen molar-refractivity contribution in [1.82, 2.24) is 10.2 Å². The van der Waals surface area contributed by atoms with Crippen molar-refractivity contribution in [2.45, 2.75) is 103 Å². The first-order chi connectivity index (χ1) is 20.5. The van der Waals surface area contributed by atoms with Gasteiger partial charge in [0.2, 0.25) is 0 Å². The molecule has 0 atom stereocenters. The number of alkyl halides is 1. The van der Waals surface area contributed by atoms with Crippen LogP contribution in [-0.4, -0.2) is 82.9 Å². The summed E-state index contributed by atoms with van der Waals surface area (Å²) in [5.41, 5.74) is 3.61. The summed E-state index contributed by atoms with van der Waals surface area (Å²) in [6.45, 7) is 19.5. The predicted octanol–water partition coefficient (Wildman–Crippen LogP) is 5.56. The lowest BCUT2D eigenvalue weighted by Crippen LogP contribution is -2.41. The summed E-state index contributed by atoms with van der Waals surface area (Å²) in [6.07, 6.45) is 2.56. The van der Waals surface area contributed by atoms with Crippen LogP contribution in [0.4, 0.5) is 0 Å². The van der Waals surface area contributed by atoms with E-state index in [9.17, 15) is 0 Å². The second kappa shape index (κ2) is 17.1. The van der Waals surface area contributed by atoms with Crippen molar-refractivity contribution in [2.75, 3.05) is 41.4 Å². The molecular weight excluding hydrogens is 618 g/mol. The van der Waals surface area contributed by atoms with Crippen molar-refractivity contribution in [3.05, 3.63) is 59.7 Å². The van der Waals surface area contributed by atoms with Crippen molar-refractivity contribution in [2.24, 2.45) is 0 Å². The number of nitrogens with one attached hydrogen (secondary N) is 1. The molecule has 3 fully saturated rings. The molecule has 0 aromatic heterocycles. The van der Waals surface area contributed by atoms with Crippen LogP contribution in [0.2, 0.25) is 0 Å². The Labute approximate surface area is 277 Å². The van der Waals surface area contributed by atoms with E-state index in [4.69, 9.17) is 23.4 Å². The van der Waals surface area contributed by atoms with Crippen LogP contribution < -0.4 is 16.2 Å². The van der Waals surface area contributed by atoms with Crippen LogP contribution in [0.3, 0.4) is 0 Å². The summed E-state index contributed by atoms with van der Waals surface area (Å²) in [6, 6.07) is 16.8. The maximum absolute atomic E-state index is 6.04. The molecule has 0 bridgehead atoms. The third-order valence-electron chi connectivity index (χ3n) is 8.49. The zero-order valence-electron chi connectivity index (χ0n) is 29.4. The molecule has 3 aliphatic rings. The van der Waals surface area contributed by atoms with Gasteiger partial charge in [-0.05, 0) is 118 Å². The summed E-state index contributed by atoms with van der Waals surface area (Å²) in [5.74, 6) is 0. The van der Waals surface area contributed by atoms with E-state index >= 15 is 0 Å². The Morgan fingerprint density at radius 1 is 0.636 bits per heavy atom. The van der Waals surface area contributed by atoms with Crippen LogP contribution >= 0.6 is 15.9 Å². The third kappa shape index (κ3) is 11.2. The van der Waals surface area contributed by atoms with Crippen LogP contribution in [0.1, 0.15) is 79.4 Å². The van der Waals surface area contributed by atoms with Gasteiger partial charge in [-0.25, -0.2) is 0 Å². The van der Waals surface area contributed by atoms with E-state index in [1.165, 1.54) is 24.0 Å². The zero-order valence-corrected chi connectivity index (χ0v) is 31.0. The van der Waals surface area contributed by atoms with Gasteiger partial charge in [0, 0.05) is 25.1 Å². The lowest BCUT2D eigenvalue weighted by molar-refractivity contribution is 0.00578. The molecule has 0 spiro atoms. The van der Waals surface area contributed by atoms with Gasteiger partial charge in [-0.2, -0.15) is 0 Å². The van der Waals surface area contributed by atoms with Gasteiger partial charge in [-0.15, -0.1) is 0 Å². The number of halogens is 1. The third-order valence-corrected chi connectivity index (χ3v) is 9.14. The van der Waals surface area contributed by atoms with Crippen LogP contribution in [0.5, 0.6) is 0 Å². The highest BCUT2D eigenvalue weighted by Gasteiger charge is 2.52. The Morgan fingerprint density at radius 3 is 1.20 bits per heavy atom. The molecule has 3 saturated heterocycles. The molecule has 246 valence electrons. The minimum atomic E-state index is -0.278. The maximum Gasteiger partial charge on any atom is 0.494 e. The van der Waals surface area contributed by atoms with Gasteiger partial charge in [-0.3, -0.25) is 0 Å². The molecule has 1 N–H and O–H groups in total. The fourth-order valence-corrected chi connectivity index (χ4v) is 4.75. The first-order valence-electron chi connectivity index (χ1n) is 15.7. The van der Waals surface area contributed by atoms with E-state index in [-0.39, 0.29) is 36.6 Å². The van der Waals surface area contributed by atoms with Gasteiger partial charge in [0.15, 0.2) is 0 Å². The smallest absolute Gasteiger partial charge is 0.399 e. The van der Waals surface area contributed by atoms with Crippen molar-refractivity contribution in [3.63, 3.8) is 0 Å². The second-order valence-electron chi connectivity index (χ2n) is 13.9. The van der Waals surface area contributed by atoms with E-state index < -0.39 is 0 Å². The first-order valence-corrected chi connectivity index (χ1v) is 16.9. The van der Waals surface area contributed by atoms with Gasteiger partial charge < -0.3 is 33.6 Å². The van der Waals surface area contributed by atoms with E-state index in [2.05, 4.69) is 144 Å². The van der Waals surface area contributed by atoms with E-state index in [1.807, 2.05) is 14.1 Å². The lowest BCUT2D eigenvalue weighted by atomic mass is 9.79. The molecule has 0 radical (unpaired) electrons. The van der Waals surface area contributed by atoms with Gasteiger partial charge in [0.05, 0.1) is 22.4 Å². The van der Waals surface area contributed by atoms with Gasteiger partial charge >= 0.3 is 14.2 Å². The van der Waals surface area contributed by atoms with Crippen molar-refractivity contribution in [3.8, 4) is 0 Å². The predicted molar refractivity (Wildman–Crippen MR) is 189 cm³/mol. The monoisotopic (exact) mass is 674 g/mol. The minimum Gasteiger partial charge on any atom is -0.399 e. The number of ether oxygens (including phenoxy) is 1. The minimum absolute atomic E-state index is 0.260. The van der Waals surface area contributed by atoms with E-state index in [0.717, 1.165) is 36.0 Å². The summed E-state index contributed by atoms with van der Waals surface area (Å²) < 4.78 is 29.0. The Hall–Kier alpha value is -1.23. The largest absolute Gasteiger partial charge is 0.494 e. The average Bonchev–Trinajstić information content (AvgIpc) is 3.64. The highest BCUT2D eigenvalue weighted by atomic mass is 79.9. The van der Waals surface area contributed by atoms with E-state index in [0.29, 0.717) is 0 Å². The van der Waals surface area contributed by atoms with Gasteiger partial charge in [-0.1, -0.05) is 64.5 Å². The van der Waals surface area contributed by atoms with Gasteiger partial charge in [0.1, 0.15) is 0 Å². The molecule has 0 amide bonds. The molecule has 5 rings (SSSR count). The van der Waals surface area contributed by atoms with Crippen LogP contribution in [0.25, 0.3) is 0 Å². The van der Waals surface area contributed by atoms with E-state index in [1.54, 1.807) is 0 Å². The molecule has 0 unspecified atom stereocenters. The molecule has 2 aromatic rings. The van der Waals surface area contributed by atoms with Crippen LogP contribution in [-0.2, 0) is 35.2 Å². The Bertz CT molecular complexity index is 1070. The average molecular weight is 675 g/mol. The molecule has 10 heteroatoms. The topological polar surface area (TPSA) is 61.4 Å². The SMILES string of the molecule is C1CCOC1.CC1(C)OB(c2ccc(CBr)cc2)OC1(C)C.CN(C)Cc1ccc(B2OC(C)(C)C(C)(C)O2)cc1.CNC. The summed E-state index contributed by atoms with van der Waals surface area (Å²) >= 11 is 3.44. The quantitative estimate of drug-likeness (QED) is 0.329. The molecule has 0 saturated carbocycles. The van der Waals surface area contributed by atoms with Crippen LogP contribution in [0.15, 0.2) is 48.5 Å². The van der Waals surface area contributed by atoms with Crippen molar-refractivity contribution < 1.29 is 23.4 Å².